The van der Waals surface area contributed by atoms with Crippen LogP contribution in [0.25, 0.3) is 0 Å². The standard InChI is InChI=1S/C26H42.C22H26O4.C18H20O2.C9H20O.C7H16O/c1-4-6-21-7-11-23(12-8-21)25-15-17-26(18-16-25)24-13-9-22(10-14-24)19-20(3)5-2;1-3-4-5-7-10-17(2)25-21(23)19-13-15-20(16-14-19)26-22(24)18-11-8-6-9-12-18;1-2-3-5-8-15-11-13-17(14-12-15)20-18(19)16-9-6-4-7-10-16;1-4-5-6-7-8-9(2)10-3;1-3-4-5-6-7-8-2/h9-10,13-14,20-21,23,25-26H,4-8,11-12,15-19H2,1-3H3;6,8-9,11-17H,3-5,7,10H2,1-2H3;4,6-7,9-14H,2-3,5,8H2,1H3;9H,4-8H2,1-3H3;3-7H2,1-2H3. The van der Waals surface area contributed by atoms with Gasteiger partial charge in [0.25, 0.3) is 0 Å². The Morgan fingerprint density at radius 2 is 0.878 bits per heavy atom. The Morgan fingerprint density at radius 3 is 1.34 bits per heavy atom. The van der Waals surface area contributed by atoms with Crippen molar-refractivity contribution >= 4 is 17.9 Å². The average molecular weight is 1240 g/mol. The zero-order valence-corrected chi connectivity index (χ0v) is 58.4. The number of aryl methyl sites for hydroxylation is 1. The molecule has 8 nitrogen and oxygen atoms in total. The van der Waals surface area contributed by atoms with Crippen LogP contribution in [0.4, 0.5) is 0 Å². The van der Waals surface area contributed by atoms with Crippen molar-refractivity contribution in [2.75, 3.05) is 20.8 Å². The summed E-state index contributed by atoms with van der Waals surface area (Å²) in [6, 6.07) is 41.7. The summed E-state index contributed by atoms with van der Waals surface area (Å²) in [5.41, 5.74) is 5.93. The van der Waals surface area contributed by atoms with Gasteiger partial charge in [-0.05, 0) is 204 Å². The van der Waals surface area contributed by atoms with Crippen molar-refractivity contribution in [3.8, 4) is 11.5 Å². The molecule has 2 aliphatic rings. The highest BCUT2D eigenvalue weighted by atomic mass is 16.5. The van der Waals surface area contributed by atoms with Crippen LogP contribution in [-0.4, -0.2) is 50.9 Å². The molecule has 0 saturated heterocycles. The second kappa shape index (κ2) is 50.0. The van der Waals surface area contributed by atoms with Gasteiger partial charge in [0.1, 0.15) is 11.5 Å². The molecule has 8 heteroatoms. The minimum absolute atomic E-state index is 0.102. The van der Waals surface area contributed by atoms with Gasteiger partial charge in [-0.1, -0.05) is 230 Å². The monoisotopic (exact) mass is 1240 g/mol. The van der Waals surface area contributed by atoms with Gasteiger partial charge < -0.3 is 23.7 Å². The van der Waals surface area contributed by atoms with Crippen molar-refractivity contribution in [1.29, 1.82) is 0 Å². The lowest BCUT2D eigenvalue weighted by molar-refractivity contribution is 0.0319. The maximum atomic E-state index is 12.2. The Balaban J connectivity index is 0.000000312. The van der Waals surface area contributed by atoms with Crippen molar-refractivity contribution in [3.63, 3.8) is 0 Å². The topological polar surface area (TPSA) is 97.4 Å². The molecule has 0 N–H and O–H groups in total. The van der Waals surface area contributed by atoms with Gasteiger partial charge in [-0.2, -0.15) is 0 Å². The Labute approximate surface area is 549 Å². The highest BCUT2D eigenvalue weighted by Crippen LogP contribution is 2.44. The first kappa shape index (κ1) is 78.7. The van der Waals surface area contributed by atoms with Crippen LogP contribution in [0.5, 0.6) is 11.5 Å². The Hall–Kier alpha value is -5.57. The van der Waals surface area contributed by atoms with Gasteiger partial charge in [-0.25, -0.2) is 14.4 Å². The van der Waals surface area contributed by atoms with Crippen LogP contribution >= 0.6 is 0 Å². The second-order valence-corrected chi connectivity index (χ2v) is 25.8. The maximum Gasteiger partial charge on any atom is 0.343 e. The van der Waals surface area contributed by atoms with Crippen LogP contribution in [-0.2, 0) is 27.1 Å². The van der Waals surface area contributed by atoms with E-state index in [-0.39, 0.29) is 18.0 Å². The number of carbonyl (C=O) groups is 3. The highest BCUT2D eigenvalue weighted by molar-refractivity contribution is 5.92. The van der Waals surface area contributed by atoms with E-state index in [2.05, 4.69) is 79.7 Å². The molecule has 7 rings (SSSR count). The van der Waals surface area contributed by atoms with Gasteiger partial charge >= 0.3 is 17.9 Å². The molecule has 3 atom stereocenters. The van der Waals surface area contributed by atoms with E-state index in [1.807, 2.05) is 55.5 Å². The summed E-state index contributed by atoms with van der Waals surface area (Å²) >= 11 is 0. The number of carbonyl (C=O) groups excluding carboxylic acids is 3. The zero-order valence-electron chi connectivity index (χ0n) is 58.4. The third kappa shape index (κ3) is 34.7. The number of benzene rings is 5. The number of rotatable bonds is 33. The number of esters is 3. The fraction of sp³-hybridized carbons (Fsp3) is 0.598. The molecule has 5 aromatic rings. The molecule has 0 spiro atoms. The molecule has 500 valence electrons. The first-order valence-corrected chi connectivity index (χ1v) is 35.9. The lowest BCUT2D eigenvalue weighted by Crippen LogP contribution is -2.25. The van der Waals surface area contributed by atoms with Crippen molar-refractivity contribution in [2.24, 2.45) is 23.7 Å². The van der Waals surface area contributed by atoms with Gasteiger partial charge in [-0.15, -0.1) is 0 Å². The molecule has 3 unspecified atom stereocenters. The lowest BCUT2D eigenvalue weighted by atomic mass is 9.68. The fourth-order valence-electron chi connectivity index (χ4n) is 12.0. The van der Waals surface area contributed by atoms with Crippen LogP contribution in [0.2, 0.25) is 0 Å². The van der Waals surface area contributed by atoms with Crippen LogP contribution in [0.1, 0.15) is 296 Å². The number of unbranched alkanes of at least 4 members (excludes halogenated alkanes) is 11. The van der Waals surface area contributed by atoms with E-state index in [0.29, 0.717) is 34.3 Å². The summed E-state index contributed by atoms with van der Waals surface area (Å²) in [4.78, 5) is 36.1. The van der Waals surface area contributed by atoms with Crippen LogP contribution < -0.4 is 9.47 Å². The summed E-state index contributed by atoms with van der Waals surface area (Å²) < 4.78 is 26.1. The first-order chi connectivity index (χ1) is 43.8. The Kier molecular flexibility index (Phi) is 43.7. The van der Waals surface area contributed by atoms with E-state index in [9.17, 15) is 14.4 Å². The molecular weight excluding hydrogens is 1110 g/mol. The number of hydrogen-bond acceptors (Lipinski definition) is 8. The van der Waals surface area contributed by atoms with Crippen molar-refractivity contribution < 1.29 is 38.1 Å². The van der Waals surface area contributed by atoms with Crippen molar-refractivity contribution in [3.05, 3.63) is 167 Å². The largest absolute Gasteiger partial charge is 0.459 e. The van der Waals surface area contributed by atoms with Crippen molar-refractivity contribution in [1.82, 2.24) is 0 Å². The summed E-state index contributed by atoms with van der Waals surface area (Å²) in [5, 5.41) is 0. The van der Waals surface area contributed by atoms with E-state index in [0.717, 1.165) is 55.5 Å². The SMILES string of the molecule is CCCC1CCC(C2CCC(c3ccc(CC(C)CC)cc3)CC2)CC1.CCCCCCC(C)OC.CCCCCCC(C)OC(=O)c1ccc(OC(=O)c2ccccc2)cc1.CCCCCCOC.CCCCCc1ccc(OC(=O)c2ccccc2)cc1. The maximum absolute atomic E-state index is 12.2. The average Bonchev–Trinajstić information content (AvgIpc) is 1.99. The molecule has 0 radical (unpaired) electrons. The summed E-state index contributed by atoms with van der Waals surface area (Å²) in [7, 11) is 3.54. The van der Waals surface area contributed by atoms with E-state index in [4.69, 9.17) is 23.7 Å². The normalized spacial score (nSPS) is 16.9. The van der Waals surface area contributed by atoms with E-state index in [1.165, 1.54) is 184 Å². The third-order valence-electron chi connectivity index (χ3n) is 18.1. The molecule has 2 fully saturated rings. The van der Waals surface area contributed by atoms with Gasteiger partial charge in [0.15, 0.2) is 0 Å². The molecule has 0 aliphatic heterocycles. The second-order valence-electron chi connectivity index (χ2n) is 25.8. The molecular formula is C82H124O8. The smallest absolute Gasteiger partial charge is 0.343 e. The third-order valence-corrected chi connectivity index (χ3v) is 18.1. The summed E-state index contributed by atoms with van der Waals surface area (Å²) in [6.45, 7) is 20.8. The molecule has 2 aliphatic carbocycles. The van der Waals surface area contributed by atoms with Gasteiger partial charge in [0.05, 0.1) is 28.9 Å². The van der Waals surface area contributed by atoms with Gasteiger partial charge in [0, 0.05) is 20.8 Å². The number of methoxy groups -OCH3 is 2. The summed E-state index contributed by atoms with van der Waals surface area (Å²) in [5.74, 6) is 4.69. The first-order valence-electron chi connectivity index (χ1n) is 35.9. The lowest BCUT2D eigenvalue weighted by Gasteiger charge is -2.38. The predicted molar refractivity (Wildman–Crippen MR) is 378 cm³/mol. The van der Waals surface area contributed by atoms with Gasteiger partial charge in [0.2, 0.25) is 0 Å². The molecule has 5 aromatic carbocycles. The molecule has 0 bridgehead atoms. The molecule has 0 heterocycles. The van der Waals surface area contributed by atoms with E-state index in [1.54, 1.807) is 80.4 Å². The minimum Gasteiger partial charge on any atom is -0.459 e. The van der Waals surface area contributed by atoms with Gasteiger partial charge in [-0.3, -0.25) is 0 Å². The zero-order chi connectivity index (χ0) is 65.4. The predicted octanol–water partition coefficient (Wildman–Crippen LogP) is 23.4. The van der Waals surface area contributed by atoms with Crippen molar-refractivity contribution in [2.45, 2.75) is 273 Å². The number of ether oxygens (including phenoxy) is 5. The Morgan fingerprint density at radius 1 is 0.433 bits per heavy atom. The molecule has 90 heavy (non-hydrogen) atoms. The summed E-state index contributed by atoms with van der Waals surface area (Å²) in [6.07, 6.45) is 39.8. The van der Waals surface area contributed by atoms with E-state index >= 15 is 0 Å². The quantitative estimate of drug-likeness (QED) is 0.0233. The highest BCUT2D eigenvalue weighted by Gasteiger charge is 2.31. The number of hydrogen-bond donors (Lipinski definition) is 0. The Bertz CT molecular complexity index is 2500. The molecule has 2 saturated carbocycles. The van der Waals surface area contributed by atoms with Crippen LogP contribution in [0, 0.1) is 23.7 Å². The molecule has 0 amide bonds. The fourth-order valence-corrected chi connectivity index (χ4v) is 12.0. The van der Waals surface area contributed by atoms with Crippen LogP contribution in [0.15, 0.2) is 133 Å². The molecule has 0 aromatic heterocycles. The van der Waals surface area contributed by atoms with E-state index < -0.39 is 5.97 Å². The van der Waals surface area contributed by atoms with Crippen LogP contribution in [0.3, 0.4) is 0 Å². The minimum atomic E-state index is -0.429.